The molecule has 2 amide bonds. The number of nitrogens with zero attached hydrogens (tertiary/aromatic N) is 1. The maximum atomic E-state index is 12.3. The molecule has 2 aromatic rings. The fourth-order valence-electron chi connectivity index (χ4n) is 3.10. The van der Waals surface area contributed by atoms with Crippen molar-refractivity contribution in [2.45, 2.75) is 32.2 Å². The summed E-state index contributed by atoms with van der Waals surface area (Å²) < 4.78 is 0. The molecule has 1 fully saturated rings. The average Bonchev–Trinajstić information content (AvgIpc) is 3.02. The Kier molecular flexibility index (Phi) is 5.39. The van der Waals surface area contributed by atoms with Crippen molar-refractivity contribution in [1.29, 1.82) is 0 Å². The third kappa shape index (κ3) is 4.20. The molecule has 2 aromatic carbocycles. The van der Waals surface area contributed by atoms with Crippen LogP contribution in [0.1, 0.15) is 36.9 Å². The third-order valence-corrected chi connectivity index (χ3v) is 4.78. The number of carbonyl (C=O) groups excluding carboxylic acids is 2. The Morgan fingerprint density at radius 3 is 2.56 bits per heavy atom. The van der Waals surface area contributed by atoms with Crippen molar-refractivity contribution >= 4 is 29.1 Å². The van der Waals surface area contributed by atoms with Crippen molar-refractivity contribution < 1.29 is 9.59 Å². The fraction of sp³-hybridized carbons (Fsp3) is 0.300. The van der Waals surface area contributed by atoms with Crippen LogP contribution in [0.5, 0.6) is 0 Å². The molecule has 1 heterocycles. The molecule has 0 aromatic heterocycles. The van der Waals surface area contributed by atoms with E-state index in [4.69, 9.17) is 11.6 Å². The molecule has 1 N–H and O–H groups in total. The van der Waals surface area contributed by atoms with Crippen LogP contribution in [-0.4, -0.2) is 18.4 Å². The lowest BCUT2D eigenvalue weighted by atomic mass is 10.1. The van der Waals surface area contributed by atoms with Gasteiger partial charge in [0, 0.05) is 23.7 Å². The van der Waals surface area contributed by atoms with E-state index in [2.05, 4.69) is 5.32 Å². The van der Waals surface area contributed by atoms with Gasteiger partial charge >= 0.3 is 0 Å². The van der Waals surface area contributed by atoms with E-state index in [1.54, 1.807) is 4.90 Å². The number of rotatable bonds is 5. The van der Waals surface area contributed by atoms with Crippen LogP contribution in [0.4, 0.5) is 5.69 Å². The Morgan fingerprint density at radius 2 is 1.92 bits per heavy atom. The van der Waals surface area contributed by atoms with Gasteiger partial charge in [0.1, 0.15) is 0 Å². The van der Waals surface area contributed by atoms with Gasteiger partial charge < -0.3 is 10.2 Å². The topological polar surface area (TPSA) is 49.4 Å². The van der Waals surface area contributed by atoms with Crippen LogP contribution in [0.2, 0.25) is 5.02 Å². The number of amides is 2. The van der Waals surface area contributed by atoms with Gasteiger partial charge in [-0.3, -0.25) is 9.59 Å². The number of nitrogens with one attached hydrogen (secondary N) is 1. The third-order valence-electron chi connectivity index (χ3n) is 4.44. The zero-order chi connectivity index (χ0) is 17.8. The number of halogens is 1. The molecule has 4 nitrogen and oxygen atoms in total. The second kappa shape index (κ2) is 7.70. The minimum Gasteiger partial charge on any atom is -0.349 e. The Balaban J connectivity index is 1.59. The van der Waals surface area contributed by atoms with Crippen molar-refractivity contribution in [2.75, 3.05) is 11.4 Å². The lowest BCUT2D eigenvalue weighted by Crippen LogP contribution is -2.28. The molecule has 0 spiro atoms. The molecule has 5 heteroatoms. The lowest BCUT2D eigenvalue weighted by Gasteiger charge is -2.17. The molecule has 1 aliphatic heterocycles. The molecule has 3 rings (SSSR count). The highest BCUT2D eigenvalue weighted by atomic mass is 35.5. The molecule has 0 bridgehead atoms. The van der Waals surface area contributed by atoms with Gasteiger partial charge in [0.05, 0.1) is 12.5 Å². The van der Waals surface area contributed by atoms with Crippen molar-refractivity contribution in [3.05, 3.63) is 64.7 Å². The summed E-state index contributed by atoms with van der Waals surface area (Å²) in [5.41, 5.74) is 2.72. The number of hydrogen-bond acceptors (Lipinski definition) is 2. The molecular formula is C20H21ClN2O2. The van der Waals surface area contributed by atoms with E-state index in [-0.39, 0.29) is 17.9 Å². The molecule has 1 unspecified atom stereocenters. The van der Waals surface area contributed by atoms with Crippen molar-refractivity contribution in [3.63, 3.8) is 0 Å². The molecule has 1 atom stereocenters. The molecule has 130 valence electrons. The Morgan fingerprint density at radius 1 is 1.20 bits per heavy atom. The lowest BCUT2D eigenvalue weighted by molar-refractivity contribution is -0.121. The van der Waals surface area contributed by atoms with Gasteiger partial charge in [0.15, 0.2) is 0 Å². The summed E-state index contributed by atoms with van der Waals surface area (Å²) in [6, 6.07) is 15.0. The summed E-state index contributed by atoms with van der Waals surface area (Å²) in [7, 11) is 0. The van der Waals surface area contributed by atoms with E-state index < -0.39 is 0 Å². The first-order chi connectivity index (χ1) is 12.0. The van der Waals surface area contributed by atoms with E-state index in [1.165, 1.54) is 0 Å². The second-order valence-corrected chi connectivity index (χ2v) is 6.71. The van der Waals surface area contributed by atoms with E-state index in [0.717, 1.165) is 29.8 Å². The van der Waals surface area contributed by atoms with Gasteiger partial charge in [-0.1, -0.05) is 41.9 Å². The van der Waals surface area contributed by atoms with Crippen molar-refractivity contribution in [1.82, 2.24) is 5.32 Å². The Hall–Kier alpha value is -2.33. The molecule has 25 heavy (non-hydrogen) atoms. The molecule has 1 aliphatic rings. The second-order valence-electron chi connectivity index (χ2n) is 6.30. The van der Waals surface area contributed by atoms with Crippen LogP contribution in [0, 0.1) is 0 Å². The van der Waals surface area contributed by atoms with Crippen molar-refractivity contribution in [3.8, 4) is 0 Å². The van der Waals surface area contributed by atoms with E-state index in [0.29, 0.717) is 17.9 Å². The fourth-order valence-corrected chi connectivity index (χ4v) is 3.40. The quantitative estimate of drug-likeness (QED) is 0.883. The zero-order valence-electron chi connectivity index (χ0n) is 14.2. The highest BCUT2D eigenvalue weighted by molar-refractivity contribution is 6.31. The Labute approximate surface area is 152 Å². The van der Waals surface area contributed by atoms with E-state index in [1.807, 2.05) is 55.5 Å². The van der Waals surface area contributed by atoms with Gasteiger partial charge in [-0.25, -0.2) is 0 Å². The summed E-state index contributed by atoms with van der Waals surface area (Å²) in [6.07, 6.45) is 1.82. The first-order valence-corrected chi connectivity index (χ1v) is 8.85. The number of hydrogen-bond donors (Lipinski definition) is 1. The summed E-state index contributed by atoms with van der Waals surface area (Å²) >= 11 is 6.17. The van der Waals surface area contributed by atoms with Crippen LogP contribution < -0.4 is 10.2 Å². The van der Waals surface area contributed by atoms with Gasteiger partial charge in [-0.2, -0.15) is 0 Å². The highest BCUT2D eigenvalue weighted by Crippen LogP contribution is 2.23. The Bertz CT molecular complexity index is 774. The van der Waals surface area contributed by atoms with Crippen LogP contribution in [0.25, 0.3) is 0 Å². The maximum absolute atomic E-state index is 12.3. The van der Waals surface area contributed by atoms with Crippen LogP contribution in [-0.2, 0) is 16.0 Å². The van der Waals surface area contributed by atoms with E-state index in [9.17, 15) is 9.59 Å². The smallest absolute Gasteiger partial charge is 0.227 e. The molecule has 1 saturated heterocycles. The SMILES string of the molecule is CC(NC(=O)Cc1ccc(N2CCCC2=O)cc1)c1ccccc1Cl. The van der Waals surface area contributed by atoms with Gasteiger partial charge in [0.25, 0.3) is 0 Å². The van der Waals surface area contributed by atoms with Crippen LogP contribution in [0.15, 0.2) is 48.5 Å². The summed E-state index contributed by atoms with van der Waals surface area (Å²) in [5.74, 6) is 0.108. The van der Waals surface area contributed by atoms with Crippen LogP contribution >= 0.6 is 11.6 Å². The first kappa shape index (κ1) is 17.5. The minimum absolute atomic E-state index is 0.0579. The summed E-state index contributed by atoms with van der Waals surface area (Å²) in [5, 5.41) is 3.62. The van der Waals surface area contributed by atoms with Gasteiger partial charge in [-0.15, -0.1) is 0 Å². The standard InChI is InChI=1S/C20H21ClN2O2/c1-14(17-5-2-3-6-18(17)21)22-19(24)13-15-8-10-16(11-9-15)23-12-4-7-20(23)25/h2-3,5-6,8-11,14H,4,7,12-13H2,1H3,(H,22,24). The summed E-state index contributed by atoms with van der Waals surface area (Å²) in [4.78, 5) is 25.8. The number of benzene rings is 2. The average molecular weight is 357 g/mol. The normalized spacial score (nSPS) is 15.3. The highest BCUT2D eigenvalue weighted by Gasteiger charge is 2.21. The number of anilines is 1. The van der Waals surface area contributed by atoms with Crippen LogP contribution in [0.3, 0.4) is 0 Å². The molecule has 0 radical (unpaired) electrons. The van der Waals surface area contributed by atoms with Gasteiger partial charge in [-0.05, 0) is 42.7 Å². The predicted molar refractivity (Wildman–Crippen MR) is 99.7 cm³/mol. The molecule has 0 saturated carbocycles. The monoisotopic (exact) mass is 356 g/mol. The first-order valence-electron chi connectivity index (χ1n) is 8.47. The van der Waals surface area contributed by atoms with Crippen molar-refractivity contribution in [2.24, 2.45) is 0 Å². The zero-order valence-corrected chi connectivity index (χ0v) is 14.9. The summed E-state index contributed by atoms with van der Waals surface area (Å²) in [6.45, 7) is 2.69. The van der Waals surface area contributed by atoms with Gasteiger partial charge in [0.2, 0.25) is 11.8 Å². The van der Waals surface area contributed by atoms with E-state index >= 15 is 0 Å². The number of carbonyl (C=O) groups is 2. The predicted octanol–water partition coefficient (Wildman–Crippen LogP) is 3.89. The minimum atomic E-state index is -0.150. The largest absolute Gasteiger partial charge is 0.349 e. The maximum Gasteiger partial charge on any atom is 0.227 e. The molecule has 0 aliphatic carbocycles. The molecular weight excluding hydrogens is 336 g/mol.